The van der Waals surface area contributed by atoms with E-state index in [0.29, 0.717) is 9.14 Å². The van der Waals surface area contributed by atoms with Crippen molar-refractivity contribution in [2.24, 2.45) is 0 Å². The zero-order valence-electron chi connectivity index (χ0n) is 22.6. The van der Waals surface area contributed by atoms with Crippen molar-refractivity contribution < 1.29 is 0 Å². The fraction of sp³-hybridized carbons (Fsp3) is 0.0345. The molecule has 48 heavy (non-hydrogen) atoms. The summed E-state index contributed by atoms with van der Waals surface area (Å²) in [5, 5.41) is 2.85. The Morgan fingerprint density at radius 2 is 0.708 bits per heavy atom. The molecule has 0 saturated heterocycles. The van der Waals surface area contributed by atoms with E-state index in [4.69, 9.17) is 174 Å². The van der Waals surface area contributed by atoms with Crippen LogP contribution >= 0.6 is 221 Å². The molecule has 4 aromatic carbocycles. The molecule has 0 fully saturated rings. The predicted octanol–water partition coefficient (Wildman–Crippen LogP) is 19.4. The van der Waals surface area contributed by atoms with Crippen LogP contribution < -0.4 is 0 Å². The molecule has 0 atom stereocenters. The lowest BCUT2D eigenvalue weighted by Gasteiger charge is -2.18. The molecule has 0 aliphatic heterocycles. The van der Waals surface area contributed by atoms with Gasteiger partial charge in [0, 0.05) is 4.90 Å². The molecular formula is C29H7Cl15S4. The third kappa shape index (κ3) is 9.41. The minimum atomic E-state index is -0.0363. The van der Waals surface area contributed by atoms with E-state index in [1.807, 2.05) is 31.2 Å². The number of halogens is 15. The minimum absolute atomic E-state index is 0.00326. The fourth-order valence-corrected chi connectivity index (χ4v) is 11.7. The summed E-state index contributed by atoms with van der Waals surface area (Å²) in [7, 11) is 0. The van der Waals surface area contributed by atoms with Gasteiger partial charge in [-0.25, -0.2) is 0 Å². The Balaban J connectivity index is 2.06. The van der Waals surface area contributed by atoms with Crippen LogP contribution in [-0.2, 0) is 0 Å². The second kappa shape index (κ2) is 18.5. The summed E-state index contributed by atoms with van der Waals surface area (Å²) in [6, 6.07) is 7.77. The molecule has 0 unspecified atom stereocenters. The van der Waals surface area contributed by atoms with Gasteiger partial charge in [0.05, 0.1) is 99.2 Å². The molecule has 0 heterocycles. The first kappa shape index (κ1) is 42.7. The van der Waals surface area contributed by atoms with Crippen LogP contribution in [0.25, 0.3) is 0 Å². The summed E-state index contributed by atoms with van der Waals surface area (Å²) >= 11 is 102. The smallest absolute Gasteiger partial charge is 0.0813 e. The van der Waals surface area contributed by atoms with Gasteiger partial charge in [-0.05, 0) is 42.0 Å². The maximum Gasteiger partial charge on any atom is 0.0839 e. The van der Waals surface area contributed by atoms with E-state index in [2.05, 4.69) is 11.2 Å². The second-order valence-corrected chi connectivity index (χ2v) is 18.6. The molecule has 252 valence electrons. The van der Waals surface area contributed by atoms with Crippen molar-refractivity contribution in [1.29, 1.82) is 0 Å². The standard InChI is InChI=1S/C29H7Cl15S4/c1-8-2-4-9(5-3-8)45-7-6-10(46-26-20(39)14(33)11(30)15(34)21(26)40)29(47-27-22(41)16(35)12(31)17(36)23(27)42)48-28-24(43)18(37)13(32)19(38)25(28)44/h2-5H,1H3. The van der Waals surface area contributed by atoms with E-state index in [0.717, 1.165) is 45.7 Å². The molecular weight excluding hydrogens is 1010 g/mol. The quantitative estimate of drug-likeness (QED) is 0.0783. The van der Waals surface area contributed by atoms with Gasteiger partial charge in [-0.3, -0.25) is 0 Å². The molecule has 0 aromatic heterocycles. The van der Waals surface area contributed by atoms with E-state index in [9.17, 15) is 0 Å². The van der Waals surface area contributed by atoms with E-state index in [1.54, 1.807) is 0 Å². The highest BCUT2D eigenvalue weighted by Gasteiger charge is 2.28. The van der Waals surface area contributed by atoms with E-state index < -0.39 is 0 Å². The zero-order valence-corrected chi connectivity index (χ0v) is 37.2. The molecule has 0 nitrogen and oxygen atoms in total. The van der Waals surface area contributed by atoms with Crippen LogP contribution in [0.3, 0.4) is 0 Å². The summed E-state index contributed by atoms with van der Waals surface area (Å²) < 4.78 is 0.350. The van der Waals surface area contributed by atoms with Crippen molar-refractivity contribution in [2.75, 3.05) is 0 Å². The van der Waals surface area contributed by atoms with Gasteiger partial charge in [0.1, 0.15) is 0 Å². The highest BCUT2D eigenvalue weighted by Crippen LogP contribution is 2.58. The lowest BCUT2D eigenvalue weighted by molar-refractivity contribution is 1.38. The maximum atomic E-state index is 6.67. The molecule has 0 bridgehead atoms. The van der Waals surface area contributed by atoms with Crippen LogP contribution in [-0.4, -0.2) is 0 Å². The van der Waals surface area contributed by atoms with Gasteiger partial charge in [0.2, 0.25) is 0 Å². The van der Waals surface area contributed by atoms with Gasteiger partial charge < -0.3 is 0 Å². The number of benzene rings is 4. The van der Waals surface area contributed by atoms with Crippen LogP contribution in [0.5, 0.6) is 0 Å². The Labute approximate surface area is 368 Å². The number of hydrogen-bond acceptors (Lipinski definition) is 4. The largest absolute Gasteiger partial charge is 0.0839 e. The van der Waals surface area contributed by atoms with Crippen LogP contribution in [0.4, 0.5) is 0 Å². The molecule has 0 aliphatic rings. The minimum Gasteiger partial charge on any atom is -0.0813 e. The SMILES string of the molecule is Cc1ccc(SC#CC(Sc2c(Cl)c(Cl)c(Cl)c(Cl)c2Cl)=C(Sc2c(Cl)c(Cl)c(Cl)c(Cl)c2Cl)Sc2c(Cl)c(Cl)c(Cl)c(Cl)c2Cl)cc1. The molecule has 0 saturated carbocycles. The topological polar surface area (TPSA) is 0 Å². The number of rotatable bonds is 7. The third-order valence-electron chi connectivity index (χ3n) is 5.64. The monoisotopic (exact) mass is 1010 g/mol. The van der Waals surface area contributed by atoms with Gasteiger partial charge in [0.25, 0.3) is 0 Å². The van der Waals surface area contributed by atoms with Gasteiger partial charge in [-0.15, -0.1) is 0 Å². The Morgan fingerprint density at radius 1 is 0.417 bits per heavy atom. The Hall–Kier alpha value is 1.93. The molecule has 19 heteroatoms. The van der Waals surface area contributed by atoms with Gasteiger partial charge in [-0.1, -0.05) is 227 Å². The number of thioether (sulfide) groups is 4. The zero-order chi connectivity index (χ0) is 35.8. The summed E-state index contributed by atoms with van der Waals surface area (Å²) in [5.74, 6) is 3.16. The highest BCUT2D eigenvalue weighted by atomic mass is 35.5. The number of allylic oxidation sites excluding steroid dienone is 1. The van der Waals surface area contributed by atoms with Crippen molar-refractivity contribution >= 4 is 221 Å². The first-order chi connectivity index (χ1) is 22.5. The van der Waals surface area contributed by atoms with Gasteiger partial charge >= 0.3 is 0 Å². The normalized spacial score (nSPS) is 11.1. The average Bonchev–Trinajstić information content (AvgIpc) is 3.07. The van der Waals surface area contributed by atoms with Crippen LogP contribution in [0.2, 0.25) is 75.3 Å². The van der Waals surface area contributed by atoms with Crippen molar-refractivity contribution in [3.8, 4) is 11.2 Å². The Morgan fingerprint density at radius 3 is 1.04 bits per heavy atom. The summed E-state index contributed by atoms with van der Waals surface area (Å²) in [5.41, 5.74) is 1.09. The average molecular weight is 1020 g/mol. The summed E-state index contributed by atoms with van der Waals surface area (Å²) in [4.78, 5) is 1.85. The molecule has 4 rings (SSSR count). The summed E-state index contributed by atoms with van der Waals surface area (Å²) in [6.45, 7) is 1.98. The third-order valence-corrected chi connectivity index (χ3v) is 17.7. The van der Waals surface area contributed by atoms with Crippen molar-refractivity contribution in [3.05, 3.63) is 114 Å². The lowest BCUT2D eigenvalue weighted by Crippen LogP contribution is -1.90. The first-order valence-corrected chi connectivity index (χ1v) is 21.0. The molecule has 0 aliphatic carbocycles. The van der Waals surface area contributed by atoms with Crippen molar-refractivity contribution in [1.82, 2.24) is 0 Å². The fourth-order valence-electron chi connectivity index (χ4n) is 3.28. The molecule has 0 spiro atoms. The lowest BCUT2D eigenvalue weighted by atomic mass is 10.2. The first-order valence-electron chi connectivity index (χ1n) is 12.0. The summed E-state index contributed by atoms with van der Waals surface area (Å²) in [6.07, 6.45) is 0. The number of hydrogen-bond donors (Lipinski definition) is 0. The van der Waals surface area contributed by atoms with E-state index >= 15 is 0 Å². The van der Waals surface area contributed by atoms with Gasteiger partial charge in [-0.2, -0.15) is 0 Å². The number of aryl methyl sites for hydroxylation is 1. The molecule has 4 aromatic rings. The molecule has 0 radical (unpaired) electrons. The van der Waals surface area contributed by atoms with E-state index in [1.165, 1.54) is 11.8 Å². The van der Waals surface area contributed by atoms with Crippen molar-refractivity contribution in [2.45, 2.75) is 26.5 Å². The van der Waals surface area contributed by atoms with E-state index in [-0.39, 0.29) is 90.0 Å². The highest BCUT2D eigenvalue weighted by molar-refractivity contribution is 8.23. The second-order valence-electron chi connectivity index (χ2n) is 8.76. The van der Waals surface area contributed by atoms with Crippen LogP contribution in [0.1, 0.15) is 5.56 Å². The Kier molecular flexibility index (Phi) is 16.5. The molecule has 0 amide bonds. The maximum absolute atomic E-state index is 6.67. The van der Waals surface area contributed by atoms with Crippen LogP contribution in [0, 0.1) is 18.1 Å². The molecule has 0 N–H and O–H groups in total. The van der Waals surface area contributed by atoms with Crippen LogP contribution in [0.15, 0.2) is 53.0 Å². The van der Waals surface area contributed by atoms with Crippen molar-refractivity contribution in [3.63, 3.8) is 0 Å². The van der Waals surface area contributed by atoms with Gasteiger partial charge in [0.15, 0.2) is 0 Å². The Bertz CT molecular complexity index is 1890. The predicted molar refractivity (Wildman–Crippen MR) is 224 cm³/mol.